The first-order valence-electron chi connectivity index (χ1n) is 10.8. The molecule has 0 aromatic heterocycles. The summed E-state index contributed by atoms with van der Waals surface area (Å²) in [5.74, 6) is -2.13. The van der Waals surface area contributed by atoms with Crippen molar-refractivity contribution >= 4 is 5.97 Å². The van der Waals surface area contributed by atoms with Gasteiger partial charge in [0.25, 0.3) is 0 Å². The van der Waals surface area contributed by atoms with E-state index in [0.29, 0.717) is 32.1 Å². The van der Waals surface area contributed by atoms with E-state index in [2.05, 4.69) is 6.92 Å². The predicted molar refractivity (Wildman–Crippen MR) is 111 cm³/mol. The van der Waals surface area contributed by atoms with E-state index < -0.39 is 23.0 Å². The normalized spacial score (nSPS) is 14.3. The summed E-state index contributed by atoms with van der Waals surface area (Å²) in [5.41, 5.74) is -0.986. The van der Waals surface area contributed by atoms with E-state index in [4.69, 9.17) is 19.6 Å². The molecule has 6 heteroatoms. The van der Waals surface area contributed by atoms with Crippen molar-refractivity contribution in [3.05, 3.63) is 0 Å². The van der Waals surface area contributed by atoms with E-state index in [9.17, 15) is 9.90 Å². The smallest absolute Gasteiger partial charge is 0.306 e. The molecule has 1 atom stereocenters. The van der Waals surface area contributed by atoms with E-state index in [1.165, 1.54) is 0 Å². The van der Waals surface area contributed by atoms with Crippen LogP contribution in [0.5, 0.6) is 0 Å². The Bertz CT molecular complexity index is 404. The number of hydrogen-bond acceptors (Lipinski definition) is 5. The van der Waals surface area contributed by atoms with Crippen molar-refractivity contribution in [3.8, 4) is 0 Å². The Labute approximate surface area is 172 Å². The van der Waals surface area contributed by atoms with Gasteiger partial charge in [0, 0.05) is 12.8 Å². The molecule has 0 amide bonds. The topological polar surface area (TPSA) is 74.2 Å². The fraction of sp³-hybridized carbons (Fsp3) is 0.955. The molecule has 0 radical (unpaired) electrons. The second kappa shape index (κ2) is 12.8. The van der Waals surface area contributed by atoms with Crippen LogP contribution in [-0.4, -0.2) is 28.1 Å². The van der Waals surface area contributed by atoms with Crippen molar-refractivity contribution in [1.29, 1.82) is 0 Å². The minimum absolute atomic E-state index is 0.342. The van der Waals surface area contributed by atoms with Crippen molar-refractivity contribution in [1.82, 2.24) is 0 Å². The number of carboxylic acid groups (broad SMARTS) is 1. The van der Waals surface area contributed by atoms with Gasteiger partial charge in [-0.25, -0.2) is 9.78 Å². The molecule has 28 heavy (non-hydrogen) atoms. The van der Waals surface area contributed by atoms with Crippen LogP contribution in [0.25, 0.3) is 0 Å². The van der Waals surface area contributed by atoms with Crippen LogP contribution >= 0.6 is 0 Å². The molecule has 0 saturated carbocycles. The molecule has 0 aliphatic heterocycles. The van der Waals surface area contributed by atoms with Crippen LogP contribution in [0.1, 0.15) is 113 Å². The molecular weight excluding hydrogens is 360 g/mol. The van der Waals surface area contributed by atoms with E-state index in [1.807, 2.05) is 48.5 Å². The quantitative estimate of drug-likeness (QED) is 0.147. The highest BCUT2D eigenvalue weighted by Crippen LogP contribution is 2.33. The molecule has 168 valence electrons. The number of unbranched alkanes of at least 4 members (excludes halogenated alkanes) is 2. The molecule has 1 N–H and O–H groups in total. The van der Waals surface area contributed by atoms with Crippen molar-refractivity contribution in [2.75, 3.05) is 0 Å². The first kappa shape index (κ1) is 27.3. The first-order chi connectivity index (χ1) is 12.8. The highest BCUT2D eigenvalue weighted by Gasteiger charge is 2.38. The van der Waals surface area contributed by atoms with Crippen molar-refractivity contribution in [2.45, 2.75) is 130 Å². The Hall–Kier alpha value is -0.690. The molecule has 0 aliphatic rings. The van der Waals surface area contributed by atoms with Gasteiger partial charge in [0.2, 0.25) is 5.79 Å². The van der Waals surface area contributed by atoms with Crippen LogP contribution in [-0.2, 0) is 24.3 Å². The third-order valence-corrected chi connectivity index (χ3v) is 4.14. The zero-order valence-electron chi connectivity index (χ0n) is 19.4. The van der Waals surface area contributed by atoms with Crippen LogP contribution in [0.2, 0.25) is 0 Å². The molecule has 0 aliphatic carbocycles. The van der Waals surface area contributed by atoms with Gasteiger partial charge < -0.3 is 5.11 Å². The van der Waals surface area contributed by atoms with Gasteiger partial charge in [-0.3, -0.25) is 4.79 Å². The number of aliphatic carboxylic acids is 1. The van der Waals surface area contributed by atoms with Gasteiger partial charge in [-0.15, -0.1) is 0 Å². The predicted octanol–water partition coefficient (Wildman–Crippen LogP) is 6.43. The van der Waals surface area contributed by atoms with Gasteiger partial charge in [0.1, 0.15) is 0 Å². The SMILES string of the molecule is CCCCCC(CCCC(CCC)C(=O)O)(OOC(C)(C)C)OOC(C)(C)C. The minimum Gasteiger partial charge on any atom is -0.481 e. The van der Waals surface area contributed by atoms with Gasteiger partial charge in [-0.1, -0.05) is 33.1 Å². The lowest BCUT2D eigenvalue weighted by molar-refractivity contribution is -0.543. The number of hydrogen-bond donors (Lipinski definition) is 1. The van der Waals surface area contributed by atoms with E-state index >= 15 is 0 Å². The zero-order chi connectivity index (χ0) is 21.8. The third-order valence-electron chi connectivity index (χ3n) is 4.14. The highest BCUT2D eigenvalue weighted by molar-refractivity contribution is 5.69. The monoisotopic (exact) mass is 404 g/mol. The maximum atomic E-state index is 11.5. The van der Waals surface area contributed by atoms with Crippen LogP contribution in [0.3, 0.4) is 0 Å². The Morgan fingerprint density at radius 3 is 1.64 bits per heavy atom. The first-order valence-corrected chi connectivity index (χ1v) is 10.8. The van der Waals surface area contributed by atoms with Gasteiger partial charge in [-0.05, 0) is 67.2 Å². The molecule has 0 spiro atoms. The molecule has 0 rings (SSSR count). The summed E-state index contributed by atoms with van der Waals surface area (Å²) < 4.78 is 0. The van der Waals surface area contributed by atoms with Crippen LogP contribution in [0.15, 0.2) is 0 Å². The van der Waals surface area contributed by atoms with Crippen LogP contribution in [0.4, 0.5) is 0 Å². The molecule has 0 aromatic rings. The summed E-state index contributed by atoms with van der Waals surface area (Å²) in [6.45, 7) is 15.6. The molecule has 0 heterocycles. The van der Waals surface area contributed by atoms with E-state index in [-0.39, 0.29) is 5.92 Å². The summed E-state index contributed by atoms with van der Waals surface area (Å²) in [5, 5.41) is 9.42. The molecule has 0 fully saturated rings. The lowest BCUT2D eigenvalue weighted by atomic mass is 9.94. The van der Waals surface area contributed by atoms with Crippen molar-refractivity contribution in [2.24, 2.45) is 5.92 Å². The third kappa shape index (κ3) is 13.5. The molecule has 1 unspecified atom stereocenters. The summed E-state index contributed by atoms with van der Waals surface area (Å²) >= 11 is 0. The Morgan fingerprint density at radius 1 is 0.750 bits per heavy atom. The van der Waals surface area contributed by atoms with E-state index in [1.54, 1.807) is 0 Å². The van der Waals surface area contributed by atoms with Gasteiger partial charge in [0.05, 0.1) is 17.1 Å². The second-order valence-electron chi connectivity index (χ2n) is 9.64. The number of carbonyl (C=O) groups is 1. The minimum atomic E-state index is -1.05. The molecule has 0 bridgehead atoms. The maximum absolute atomic E-state index is 11.5. The number of carboxylic acids is 1. The zero-order valence-corrected chi connectivity index (χ0v) is 19.4. The van der Waals surface area contributed by atoms with Gasteiger partial charge in [-0.2, -0.15) is 9.78 Å². The van der Waals surface area contributed by atoms with E-state index in [0.717, 1.165) is 25.7 Å². The summed E-state index contributed by atoms with van der Waals surface area (Å²) in [6.07, 6.45) is 6.94. The maximum Gasteiger partial charge on any atom is 0.306 e. The fourth-order valence-corrected chi connectivity index (χ4v) is 2.71. The Balaban J connectivity index is 5.25. The standard InChI is InChI=1S/C22H44O6/c1-9-11-12-16-22(27-25-20(3,4)5,28-26-21(6,7)8)17-13-15-18(14-10-2)19(23)24/h18H,9-17H2,1-8H3,(H,23,24). The van der Waals surface area contributed by atoms with Gasteiger partial charge in [0.15, 0.2) is 0 Å². The average Bonchev–Trinajstić information content (AvgIpc) is 2.56. The van der Waals surface area contributed by atoms with Crippen molar-refractivity contribution < 1.29 is 29.5 Å². The molecular formula is C22H44O6. The lowest BCUT2D eigenvalue weighted by Gasteiger charge is -2.35. The largest absolute Gasteiger partial charge is 0.481 e. The summed E-state index contributed by atoms with van der Waals surface area (Å²) in [4.78, 5) is 34.4. The molecule has 0 aromatic carbocycles. The van der Waals surface area contributed by atoms with Crippen LogP contribution in [0, 0.1) is 5.92 Å². The average molecular weight is 405 g/mol. The Kier molecular flexibility index (Phi) is 12.5. The highest BCUT2D eigenvalue weighted by atomic mass is 17.3. The summed E-state index contributed by atoms with van der Waals surface area (Å²) in [7, 11) is 0. The lowest BCUT2D eigenvalue weighted by Crippen LogP contribution is -2.41. The molecule has 0 saturated heterocycles. The van der Waals surface area contributed by atoms with Crippen LogP contribution < -0.4 is 0 Å². The summed E-state index contributed by atoms with van der Waals surface area (Å²) in [6, 6.07) is 0. The molecule has 6 nitrogen and oxygen atoms in total. The fourth-order valence-electron chi connectivity index (χ4n) is 2.71. The number of rotatable bonds is 15. The van der Waals surface area contributed by atoms with Crippen molar-refractivity contribution in [3.63, 3.8) is 0 Å². The Morgan fingerprint density at radius 2 is 1.25 bits per heavy atom. The second-order valence-corrected chi connectivity index (χ2v) is 9.64. The van der Waals surface area contributed by atoms with Gasteiger partial charge >= 0.3 is 5.97 Å².